The largest absolute Gasteiger partial charge is 0.494 e. The Morgan fingerprint density at radius 3 is 2.75 bits per heavy atom. The lowest BCUT2D eigenvalue weighted by atomic mass is 10.1. The van der Waals surface area contributed by atoms with E-state index in [0.29, 0.717) is 18.8 Å². The highest BCUT2D eigenvalue weighted by Crippen LogP contribution is 2.28. The summed E-state index contributed by atoms with van der Waals surface area (Å²) in [5.74, 6) is 0.133. The number of hydrogen-bond donors (Lipinski definition) is 1. The average Bonchev–Trinajstić information content (AvgIpc) is 3.11. The van der Waals surface area contributed by atoms with Crippen LogP contribution in [-0.4, -0.2) is 29.9 Å². The highest BCUT2D eigenvalue weighted by atomic mass is 16.5. The van der Waals surface area contributed by atoms with Gasteiger partial charge in [0.05, 0.1) is 23.7 Å². The zero-order chi connectivity index (χ0) is 19.5. The number of rotatable bonds is 5. The van der Waals surface area contributed by atoms with E-state index in [9.17, 15) is 9.59 Å². The molecule has 1 unspecified atom stereocenters. The number of pyridine rings is 1. The van der Waals surface area contributed by atoms with Gasteiger partial charge in [-0.2, -0.15) is 0 Å². The first kappa shape index (κ1) is 18.0. The van der Waals surface area contributed by atoms with Crippen molar-refractivity contribution in [1.82, 2.24) is 4.98 Å². The second-order valence-corrected chi connectivity index (χ2v) is 6.70. The summed E-state index contributed by atoms with van der Waals surface area (Å²) in [5.41, 5.74) is 2.18. The lowest BCUT2D eigenvalue weighted by Gasteiger charge is -2.17. The fourth-order valence-electron chi connectivity index (χ4n) is 3.46. The van der Waals surface area contributed by atoms with Gasteiger partial charge in [-0.15, -0.1) is 0 Å². The summed E-state index contributed by atoms with van der Waals surface area (Å²) in [6, 6.07) is 16.8. The lowest BCUT2D eigenvalue weighted by molar-refractivity contribution is -0.122. The van der Waals surface area contributed by atoms with E-state index in [1.54, 1.807) is 11.1 Å². The Morgan fingerprint density at radius 2 is 1.96 bits per heavy atom. The van der Waals surface area contributed by atoms with Crippen LogP contribution in [0.1, 0.15) is 13.3 Å². The number of hydrogen-bond acceptors (Lipinski definition) is 4. The topological polar surface area (TPSA) is 71.5 Å². The zero-order valence-electron chi connectivity index (χ0n) is 15.6. The second kappa shape index (κ2) is 7.68. The standard InChI is InChI=1S/C22H21N3O3/c1-2-28-18-10-8-17(9-11-18)25-14-16(13-20(25)26)22(27)24-19-7-3-5-15-6-4-12-23-21(15)19/h3-12,16H,2,13-14H2,1H3,(H,24,27). The number of amides is 2. The molecule has 3 aromatic rings. The second-order valence-electron chi connectivity index (χ2n) is 6.70. The van der Waals surface area contributed by atoms with E-state index in [0.717, 1.165) is 22.3 Å². The molecule has 4 rings (SSSR count). The van der Waals surface area contributed by atoms with Crippen LogP contribution in [0.2, 0.25) is 0 Å². The fraction of sp³-hybridized carbons (Fsp3) is 0.227. The van der Waals surface area contributed by atoms with Crippen LogP contribution in [-0.2, 0) is 9.59 Å². The molecule has 142 valence electrons. The molecule has 2 aromatic carbocycles. The smallest absolute Gasteiger partial charge is 0.229 e. The molecule has 2 amide bonds. The minimum atomic E-state index is -0.405. The van der Waals surface area contributed by atoms with Crippen LogP contribution in [0.3, 0.4) is 0 Å². The van der Waals surface area contributed by atoms with Gasteiger partial charge in [-0.3, -0.25) is 14.6 Å². The molecule has 1 fully saturated rings. The van der Waals surface area contributed by atoms with Crippen LogP contribution in [0.15, 0.2) is 60.8 Å². The molecule has 1 atom stereocenters. The molecule has 0 bridgehead atoms. The van der Waals surface area contributed by atoms with Crippen molar-refractivity contribution in [2.75, 3.05) is 23.4 Å². The number of fused-ring (bicyclic) bond motifs is 1. The van der Waals surface area contributed by atoms with E-state index in [2.05, 4.69) is 10.3 Å². The van der Waals surface area contributed by atoms with E-state index in [1.165, 1.54) is 0 Å². The first-order valence-corrected chi connectivity index (χ1v) is 9.33. The van der Waals surface area contributed by atoms with Gasteiger partial charge in [0.25, 0.3) is 0 Å². The fourth-order valence-corrected chi connectivity index (χ4v) is 3.46. The molecule has 6 heteroatoms. The SMILES string of the molecule is CCOc1ccc(N2CC(C(=O)Nc3cccc4cccnc34)CC2=O)cc1. The Hall–Kier alpha value is -3.41. The third-order valence-corrected chi connectivity index (χ3v) is 4.85. The minimum absolute atomic E-state index is 0.0552. The molecule has 6 nitrogen and oxygen atoms in total. The molecule has 28 heavy (non-hydrogen) atoms. The van der Waals surface area contributed by atoms with Gasteiger partial charge in [0.1, 0.15) is 5.75 Å². The van der Waals surface area contributed by atoms with Crippen molar-refractivity contribution in [3.8, 4) is 5.75 Å². The lowest BCUT2D eigenvalue weighted by Crippen LogP contribution is -2.28. The molecule has 2 heterocycles. The van der Waals surface area contributed by atoms with Gasteiger partial charge in [-0.1, -0.05) is 18.2 Å². The predicted octanol–water partition coefficient (Wildman–Crippen LogP) is 3.63. The number of ether oxygens (including phenoxy) is 1. The first-order chi connectivity index (χ1) is 13.7. The van der Waals surface area contributed by atoms with E-state index in [1.807, 2.05) is 61.5 Å². The van der Waals surface area contributed by atoms with Crippen molar-refractivity contribution < 1.29 is 14.3 Å². The van der Waals surface area contributed by atoms with Crippen molar-refractivity contribution in [2.45, 2.75) is 13.3 Å². The van der Waals surface area contributed by atoms with Gasteiger partial charge in [-0.05, 0) is 43.3 Å². The Morgan fingerprint density at radius 1 is 1.18 bits per heavy atom. The molecule has 1 aromatic heterocycles. The quantitative estimate of drug-likeness (QED) is 0.739. The predicted molar refractivity (Wildman–Crippen MR) is 108 cm³/mol. The maximum absolute atomic E-state index is 12.8. The van der Waals surface area contributed by atoms with Crippen molar-refractivity contribution >= 4 is 34.1 Å². The van der Waals surface area contributed by atoms with Gasteiger partial charge >= 0.3 is 0 Å². The number of benzene rings is 2. The molecule has 0 radical (unpaired) electrons. The van der Waals surface area contributed by atoms with Crippen molar-refractivity contribution in [1.29, 1.82) is 0 Å². The number of carbonyl (C=O) groups is 2. The van der Waals surface area contributed by atoms with Crippen molar-refractivity contribution in [3.05, 3.63) is 60.8 Å². The molecular weight excluding hydrogens is 354 g/mol. The van der Waals surface area contributed by atoms with Crippen LogP contribution in [0.25, 0.3) is 10.9 Å². The molecule has 1 saturated heterocycles. The third-order valence-electron chi connectivity index (χ3n) is 4.85. The van der Waals surface area contributed by atoms with E-state index >= 15 is 0 Å². The monoisotopic (exact) mass is 375 g/mol. The number of anilines is 2. The van der Waals surface area contributed by atoms with Gasteiger partial charge in [0, 0.05) is 30.2 Å². The summed E-state index contributed by atoms with van der Waals surface area (Å²) in [4.78, 5) is 31.3. The maximum atomic E-state index is 12.8. The number of nitrogens with zero attached hydrogens (tertiary/aromatic N) is 2. The molecule has 0 aliphatic carbocycles. The Balaban J connectivity index is 1.48. The molecular formula is C22H21N3O3. The van der Waals surface area contributed by atoms with Gasteiger partial charge < -0.3 is 15.0 Å². The number of carbonyl (C=O) groups excluding carboxylic acids is 2. The average molecular weight is 375 g/mol. The van der Waals surface area contributed by atoms with Crippen LogP contribution in [0.4, 0.5) is 11.4 Å². The molecule has 0 spiro atoms. The molecule has 1 aliphatic heterocycles. The summed E-state index contributed by atoms with van der Waals surface area (Å²) in [6.07, 6.45) is 1.89. The molecule has 0 saturated carbocycles. The number of aromatic nitrogens is 1. The summed E-state index contributed by atoms with van der Waals surface area (Å²) < 4.78 is 5.44. The first-order valence-electron chi connectivity index (χ1n) is 9.33. The molecule has 1 N–H and O–H groups in total. The summed E-state index contributed by atoms with van der Waals surface area (Å²) >= 11 is 0. The van der Waals surface area contributed by atoms with E-state index in [4.69, 9.17) is 4.74 Å². The Bertz CT molecular complexity index is 1010. The summed E-state index contributed by atoms with van der Waals surface area (Å²) in [7, 11) is 0. The van der Waals surface area contributed by atoms with Crippen molar-refractivity contribution in [2.24, 2.45) is 5.92 Å². The van der Waals surface area contributed by atoms with E-state index < -0.39 is 5.92 Å². The van der Waals surface area contributed by atoms with Gasteiger partial charge in [-0.25, -0.2) is 0 Å². The maximum Gasteiger partial charge on any atom is 0.229 e. The van der Waals surface area contributed by atoms with Gasteiger partial charge in [0.15, 0.2) is 0 Å². The van der Waals surface area contributed by atoms with Gasteiger partial charge in [0.2, 0.25) is 11.8 Å². The van der Waals surface area contributed by atoms with Crippen LogP contribution >= 0.6 is 0 Å². The number of para-hydroxylation sites is 1. The summed E-state index contributed by atoms with van der Waals surface area (Å²) in [6.45, 7) is 2.87. The van der Waals surface area contributed by atoms with Crippen LogP contribution in [0.5, 0.6) is 5.75 Å². The Labute approximate surface area is 163 Å². The zero-order valence-corrected chi connectivity index (χ0v) is 15.6. The highest BCUT2D eigenvalue weighted by molar-refractivity contribution is 6.06. The number of nitrogens with one attached hydrogen (secondary N) is 1. The molecule has 1 aliphatic rings. The normalized spacial score (nSPS) is 16.4. The summed E-state index contributed by atoms with van der Waals surface area (Å²) in [5, 5.41) is 3.90. The third kappa shape index (κ3) is 3.53. The van der Waals surface area contributed by atoms with Crippen LogP contribution in [0, 0.1) is 5.92 Å². The van der Waals surface area contributed by atoms with Crippen LogP contribution < -0.4 is 15.0 Å². The highest BCUT2D eigenvalue weighted by Gasteiger charge is 2.35. The van der Waals surface area contributed by atoms with E-state index in [-0.39, 0.29) is 18.2 Å². The minimum Gasteiger partial charge on any atom is -0.494 e. The van der Waals surface area contributed by atoms with Crippen molar-refractivity contribution in [3.63, 3.8) is 0 Å². The Kier molecular flexibility index (Phi) is 4.93.